The number of anilines is 1. The Labute approximate surface area is 190 Å². The Morgan fingerprint density at radius 3 is 2.50 bits per heavy atom. The summed E-state index contributed by atoms with van der Waals surface area (Å²) in [7, 11) is -3.64. The van der Waals surface area contributed by atoms with Gasteiger partial charge in [0.15, 0.2) is 5.69 Å². The number of aryl methyl sites for hydroxylation is 1. The molecule has 0 saturated carbocycles. The van der Waals surface area contributed by atoms with E-state index in [1.165, 1.54) is 27.2 Å². The molecule has 1 N–H and O–H groups in total. The summed E-state index contributed by atoms with van der Waals surface area (Å²) in [5.41, 5.74) is 0.409. The highest BCUT2D eigenvalue weighted by Gasteiger charge is 2.27. The Bertz CT molecular complexity index is 1350. The molecule has 1 amide bonds. The van der Waals surface area contributed by atoms with Crippen LogP contribution in [0, 0.1) is 6.92 Å². The van der Waals surface area contributed by atoms with Crippen molar-refractivity contribution in [3.8, 4) is 5.69 Å². The molecule has 1 saturated heterocycles. The Hall–Kier alpha value is -3.01. The number of hydrogen-bond donors (Lipinski definition) is 1. The van der Waals surface area contributed by atoms with Gasteiger partial charge in [0.05, 0.1) is 15.6 Å². The van der Waals surface area contributed by atoms with Gasteiger partial charge in [-0.25, -0.2) is 13.1 Å². The number of para-hydroxylation sites is 1. The minimum Gasteiger partial charge on any atom is -0.320 e. The summed E-state index contributed by atoms with van der Waals surface area (Å²) in [6, 6.07) is 14.2. The average molecular weight is 473 g/mol. The maximum absolute atomic E-state index is 12.9. The van der Waals surface area contributed by atoms with Crippen molar-refractivity contribution in [2.45, 2.75) is 24.7 Å². The summed E-state index contributed by atoms with van der Waals surface area (Å²) in [6.45, 7) is 2.65. The number of amides is 1. The summed E-state index contributed by atoms with van der Waals surface area (Å²) in [6.07, 6.45) is 1.65. The van der Waals surface area contributed by atoms with Crippen molar-refractivity contribution < 1.29 is 13.2 Å². The Morgan fingerprint density at radius 1 is 1.06 bits per heavy atom. The molecule has 10 heteroatoms. The summed E-state index contributed by atoms with van der Waals surface area (Å²) >= 11 is 6.25. The van der Waals surface area contributed by atoms with Gasteiger partial charge in [-0.15, -0.1) is 0 Å². The van der Waals surface area contributed by atoms with Crippen LogP contribution >= 0.6 is 11.6 Å². The summed E-state index contributed by atoms with van der Waals surface area (Å²) in [5.74, 6) is -0.744. The topological polar surface area (TPSA) is 101 Å². The SMILES string of the molecule is Cc1cc(=O)c(C(=O)Nc2cccc(S(=O)(=O)N3CCCC3)c2)nn1-c1ccccc1Cl. The highest BCUT2D eigenvalue weighted by atomic mass is 35.5. The first kappa shape index (κ1) is 22.2. The number of rotatable bonds is 5. The fraction of sp³-hybridized carbons (Fsp3) is 0.227. The van der Waals surface area contributed by atoms with Crippen molar-refractivity contribution in [3.05, 3.63) is 81.2 Å². The van der Waals surface area contributed by atoms with Crippen LogP contribution in [0.3, 0.4) is 0 Å². The molecule has 32 heavy (non-hydrogen) atoms. The second kappa shape index (κ2) is 8.85. The van der Waals surface area contributed by atoms with Gasteiger partial charge in [-0.2, -0.15) is 9.40 Å². The second-order valence-electron chi connectivity index (χ2n) is 7.45. The standard InChI is InChI=1S/C22H21ClN4O4S/c1-15-13-20(28)21(25-27(15)19-10-3-2-9-18(19)23)22(29)24-16-7-6-8-17(14-16)32(30,31)26-11-4-5-12-26/h2-3,6-10,13-14H,4-5,11-12H2,1H3,(H,24,29). The first-order chi connectivity index (χ1) is 15.3. The van der Waals surface area contributed by atoms with Crippen molar-refractivity contribution >= 4 is 33.2 Å². The Balaban J connectivity index is 1.65. The molecule has 2 aromatic carbocycles. The van der Waals surface area contributed by atoms with Gasteiger partial charge in [-0.3, -0.25) is 9.59 Å². The molecule has 1 aromatic heterocycles. The predicted molar refractivity (Wildman–Crippen MR) is 122 cm³/mol. The van der Waals surface area contributed by atoms with Crippen LogP contribution in [0.15, 0.2) is 64.3 Å². The van der Waals surface area contributed by atoms with Crippen molar-refractivity contribution in [2.24, 2.45) is 0 Å². The zero-order chi connectivity index (χ0) is 22.9. The van der Waals surface area contributed by atoms with E-state index in [0.717, 1.165) is 12.8 Å². The fourth-order valence-corrected chi connectivity index (χ4v) is 5.35. The molecule has 1 fully saturated rings. The van der Waals surface area contributed by atoms with Crippen LogP contribution in [0.1, 0.15) is 29.0 Å². The quantitative estimate of drug-likeness (QED) is 0.614. The first-order valence-electron chi connectivity index (χ1n) is 10.0. The first-order valence-corrected chi connectivity index (χ1v) is 11.9. The number of sulfonamides is 1. The van der Waals surface area contributed by atoms with E-state index < -0.39 is 21.4 Å². The molecule has 0 aliphatic carbocycles. The van der Waals surface area contributed by atoms with E-state index in [2.05, 4.69) is 10.4 Å². The lowest BCUT2D eigenvalue weighted by atomic mass is 10.2. The van der Waals surface area contributed by atoms with Crippen LogP contribution in [0.4, 0.5) is 5.69 Å². The van der Waals surface area contributed by atoms with E-state index in [9.17, 15) is 18.0 Å². The molecule has 2 heterocycles. The van der Waals surface area contributed by atoms with E-state index in [4.69, 9.17) is 11.6 Å². The van der Waals surface area contributed by atoms with E-state index >= 15 is 0 Å². The highest BCUT2D eigenvalue weighted by Crippen LogP contribution is 2.23. The van der Waals surface area contributed by atoms with Gasteiger partial charge >= 0.3 is 0 Å². The summed E-state index contributed by atoms with van der Waals surface area (Å²) < 4.78 is 28.5. The zero-order valence-electron chi connectivity index (χ0n) is 17.3. The van der Waals surface area contributed by atoms with Crippen molar-refractivity contribution in [1.82, 2.24) is 14.1 Å². The molecule has 8 nitrogen and oxygen atoms in total. The number of benzene rings is 2. The number of nitrogens with one attached hydrogen (secondary N) is 1. The molecule has 4 rings (SSSR count). The minimum atomic E-state index is -3.64. The summed E-state index contributed by atoms with van der Waals surface area (Å²) in [5, 5.41) is 7.21. The highest BCUT2D eigenvalue weighted by molar-refractivity contribution is 7.89. The van der Waals surface area contributed by atoms with Gasteiger partial charge in [-0.1, -0.05) is 29.8 Å². The van der Waals surface area contributed by atoms with Crippen LogP contribution in [0.25, 0.3) is 5.69 Å². The molecule has 0 unspecified atom stereocenters. The van der Waals surface area contributed by atoms with E-state index in [0.29, 0.717) is 29.5 Å². The van der Waals surface area contributed by atoms with Crippen molar-refractivity contribution in [1.29, 1.82) is 0 Å². The van der Waals surface area contributed by atoms with Crippen molar-refractivity contribution in [3.63, 3.8) is 0 Å². The lowest BCUT2D eigenvalue weighted by Gasteiger charge is -2.16. The van der Waals surface area contributed by atoms with E-state index in [-0.39, 0.29) is 16.3 Å². The second-order valence-corrected chi connectivity index (χ2v) is 9.80. The van der Waals surface area contributed by atoms with Crippen molar-refractivity contribution in [2.75, 3.05) is 18.4 Å². The third-order valence-corrected chi connectivity index (χ3v) is 7.41. The van der Waals surface area contributed by atoms with Gasteiger partial charge in [0.2, 0.25) is 15.5 Å². The minimum absolute atomic E-state index is 0.0857. The lowest BCUT2D eigenvalue weighted by molar-refractivity contribution is 0.101. The third-order valence-electron chi connectivity index (χ3n) is 5.20. The van der Waals surface area contributed by atoms with Crippen LogP contribution in [0.2, 0.25) is 5.02 Å². The number of hydrogen-bond acceptors (Lipinski definition) is 5. The molecular weight excluding hydrogens is 452 g/mol. The molecule has 1 aliphatic rings. The lowest BCUT2D eigenvalue weighted by Crippen LogP contribution is -2.28. The fourth-order valence-electron chi connectivity index (χ4n) is 3.57. The van der Waals surface area contributed by atoms with Crippen LogP contribution in [-0.4, -0.2) is 41.5 Å². The maximum Gasteiger partial charge on any atom is 0.280 e. The molecular formula is C22H21ClN4O4S. The number of aromatic nitrogens is 2. The number of carbonyl (C=O) groups is 1. The van der Waals surface area contributed by atoms with Crippen LogP contribution < -0.4 is 10.7 Å². The predicted octanol–water partition coefficient (Wildman–Crippen LogP) is 3.23. The van der Waals surface area contributed by atoms with E-state index in [1.54, 1.807) is 43.3 Å². The molecule has 0 bridgehead atoms. The number of halogens is 1. The molecule has 0 spiro atoms. The van der Waals surface area contributed by atoms with Gasteiger partial charge in [-0.05, 0) is 50.1 Å². The summed E-state index contributed by atoms with van der Waals surface area (Å²) in [4.78, 5) is 25.4. The van der Waals surface area contributed by atoms with E-state index in [1.807, 2.05) is 0 Å². The van der Waals surface area contributed by atoms with Gasteiger partial charge < -0.3 is 5.32 Å². The van der Waals surface area contributed by atoms with Crippen LogP contribution in [0.5, 0.6) is 0 Å². The Morgan fingerprint density at radius 2 is 1.78 bits per heavy atom. The molecule has 1 aliphatic heterocycles. The maximum atomic E-state index is 12.9. The third kappa shape index (κ3) is 4.32. The van der Waals surface area contributed by atoms with Gasteiger partial charge in [0.25, 0.3) is 5.91 Å². The van der Waals surface area contributed by atoms with Gasteiger partial charge in [0.1, 0.15) is 0 Å². The normalized spacial score (nSPS) is 14.4. The molecule has 166 valence electrons. The number of carbonyl (C=O) groups excluding carboxylic acids is 1. The average Bonchev–Trinajstić information content (AvgIpc) is 3.31. The monoisotopic (exact) mass is 472 g/mol. The molecule has 0 atom stereocenters. The smallest absolute Gasteiger partial charge is 0.280 e. The largest absolute Gasteiger partial charge is 0.320 e. The molecule has 3 aromatic rings. The van der Waals surface area contributed by atoms with Gasteiger partial charge in [0, 0.05) is 30.5 Å². The molecule has 0 radical (unpaired) electrons. The number of nitrogens with zero attached hydrogens (tertiary/aromatic N) is 3. The zero-order valence-corrected chi connectivity index (χ0v) is 18.9. The Kier molecular flexibility index (Phi) is 6.14. The van der Waals surface area contributed by atoms with Crippen LogP contribution in [-0.2, 0) is 10.0 Å².